The standard InChI is InChI=1S/C30H30FN7O/c1-20-8-9-23-18-26(30(39)32-27(23)21(20)2)28(29-33-34-35-38(29)19-22-6-4-3-5-7-22)37-16-14-36(15-17-37)25-12-10-24(31)11-13-25/h3-13,18,28H,14-17,19H2,1-2H3,(H,32,39)/t28-/m0/s1. The van der Waals surface area contributed by atoms with E-state index >= 15 is 0 Å². The monoisotopic (exact) mass is 523 g/mol. The van der Waals surface area contributed by atoms with Crippen LogP contribution in [0.2, 0.25) is 0 Å². The van der Waals surface area contributed by atoms with Gasteiger partial charge in [-0.15, -0.1) is 5.10 Å². The lowest BCUT2D eigenvalue weighted by Crippen LogP contribution is -2.49. The number of anilines is 1. The third-order valence-electron chi connectivity index (χ3n) is 7.72. The van der Waals surface area contributed by atoms with E-state index in [-0.39, 0.29) is 11.4 Å². The van der Waals surface area contributed by atoms with Crippen molar-refractivity contribution in [1.29, 1.82) is 0 Å². The third kappa shape index (κ3) is 4.93. The van der Waals surface area contributed by atoms with Gasteiger partial charge >= 0.3 is 0 Å². The van der Waals surface area contributed by atoms with Crippen molar-refractivity contribution in [3.8, 4) is 0 Å². The topological polar surface area (TPSA) is 82.9 Å². The lowest BCUT2D eigenvalue weighted by atomic mass is 9.99. The first kappa shape index (κ1) is 24.9. The molecule has 39 heavy (non-hydrogen) atoms. The Bertz CT molecular complexity index is 1660. The normalized spacial score (nSPS) is 15.1. The summed E-state index contributed by atoms with van der Waals surface area (Å²) in [5, 5.41) is 13.8. The van der Waals surface area contributed by atoms with Crippen LogP contribution in [-0.2, 0) is 6.54 Å². The van der Waals surface area contributed by atoms with Gasteiger partial charge in [0.25, 0.3) is 5.56 Å². The summed E-state index contributed by atoms with van der Waals surface area (Å²) >= 11 is 0. The van der Waals surface area contributed by atoms with Crippen LogP contribution in [0.25, 0.3) is 10.9 Å². The maximum Gasteiger partial charge on any atom is 0.253 e. The molecule has 1 aliphatic rings. The Hall–Kier alpha value is -4.37. The zero-order valence-electron chi connectivity index (χ0n) is 22.0. The zero-order valence-corrected chi connectivity index (χ0v) is 22.0. The van der Waals surface area contributed by atoms with E-state index in [0.29, 0.717) is 31.0 Å². The molecule has 1 aliphatic heterocycles. The van der Waals surface area contributed by atoms with Crippen molar-refractivity contribution in [2.24, 2.45) is 0 Å². The second kappa shape index (κ2) is 10.4. The summed E-state index contributed by atoms with van der Waals surface area (Å²) < 4.78 is 15.3. The van der Waals surface area contributed by atoms with Gasteiger partial charge in [-0.3, -0.25) is 9.69 Å². The first-order chi connectivity index (χ1) is 19.0. The van der Waals surface area contributed by atoms with Crippen molar-refractivity contribution >= 4 is 16.6 Å². The molecule has 6 rings (SSSR count). The fourth-order valence-electron chi connectivity index (χ4n) is 5.41. The number of nitrogens with one attached hydrogen (secondary N) is 1. The van der Waals surface area contributed by atoms with Gasteiger partial charge in [0.2, 0.25) is 0 Å². The Morgan fingerprint density at radius 3 is 2.44 bits per heavy atom. The highest BCUT2D eigenvalue weighted by Crippen LogP contribution is 2.30. The molecule has 2 aromatic heterocycles. The van der Waals surface area contributed by atoms with E-state index in [1.54, 1.807) is 16.8 Å². The summed E-state index contributed by atoms with van der Waals surface area (Å²) in [6.45, 7) is 7.40. The third-order valence-corrected chi connectivity index (χ3v) is 7.72. The van der Waals surface area contributed by atoms with Crippen LogP contribution in [0, 0.1) is 19.7 Å². The number of piperazine rings is 1. The van der Waals surface area contributed by atoms with E-state index in [9.17, 15) is 9.18 Å². The highest BCUT2D eigenvalue weighted by Gasteiger charge is 2.33. The molecule has 5 aromatic rings. The van der Waals surface area contributed by atoms with Crippen molar-refractivity contribution < 1.29 is 4.39 Å². The average Bonchev–Trinajstić information content (AvgIpc) is 3.40. The molecule has 1 saturated heterocycles. The van der Waals surface area contributed by atoms with Crippen LogP contribution in [0.15, 0.2) is 77.6 Å². The Kier molecular flexibility index (Phi) is 6.66. The quantitative estimate of drug-likeness (QED) is 0.359. The van der Waals surface area contributed by atoms with E-state index in [1.807, 2.05) is 56.3 Å². The number of fused-ring (bicyclic) bond motifs is 1. The summed E-state index contributed by atoms with van der Waals surface area (Å²) in [5.74, 6) is 0.381. The number of aromatic amines is 1. The maximum absolute atomic E-state index is 13.7. The molecule has 0 bridgehead atoms. The van der Waals surface area contributed by atoms with Crippen molar-refractivity contribution in [3.63, 3.8) is 0 Å². The smallest absolute Gasteiger partial charge is 0.253 e. The molecular formula is C30H30FN7O. The minimum Gasteiger partial charge on any atom is -0.369 e. The molecule has 0 radical (unpaired) electrons. The molecule has 0 unspecified atom stereocenters. The van der Waals surface area contributed by atoms with E-state index in [4.69, 9.17) is 0 Å². The van der Waals surface area contributed by atoms with E-state index in [2.05, 4.69) is 36.4 Å². The van der Waals surface area contributed by atoms with Gasteiger partial charge in [-0.25, -0.2) is 9.07 Å². The number of halogens is 1. The minimum atomic E-state index is -0.436. The van der Waals surface area contributed by atoms with Crippen molar-refractivity contribution in [2.75, 3.05) is 31.1 Å². The summed E-state index contributed by atoms with van der Waals surface area (Å²) in [7, 11) is 0. The molecule has 0 spiro atoms. The van der Waals surface area contributed by atoms with Gasteiger partial charge in [0.1, 0.15) is 11.9 Å². The van der Waals surface area contributed by atoms with Gasteiger partial charge in [-0.2, -0.15) is 0 Å². The molecule has 8 nitrogen and oxygen atoms in total. The summed E-state index contributed by atoms with van der Waals surface area (Å²) in [6, 6.07) is 22.3. The van der Waals surface area contributed by atoms with Gasteiger partial charge in [-0.05, 0) is 76.7 Å². The molecule has 0 saturated carbocycles. The van der Waals surface area contributed by atoms with Crippen LogP contribution in [0.5, 0.6) is 0 Å². The first-order valence-electron chi connectivity index (χ1n) is 13.2. The van der Waals surface area contributed by atoms with Crippen LogP contribution < -0.4 is 10.5 Å². The van der Waals surface area contributed by atoms with Crippen LogP contribution >= 0.6 is 0 Å². The predicted octanol–water partition coefficient (Wildman–Crippen LogP) is 4.23. The second-order valence-corrected chi connectivity index (χ2v) is 10.1. The average molecular weight is 524 g/mol. The van der Waals surface area contributed by atoms with Crippen LogP contribution in [0.4, 0.5) is 10.1 Å². The Morgan fingerprint density at radius 1 is 0.949 bits per heavy atom. The molecule has 9 heteroatoms. The Morgan fingerprint density at radius 2 is 1.69 bits per heavy atom. The van der Waals surface area contributed by atoms with Crippen LogP contribution in [0.1, 0.15) is 34.1 Å². The lowest BCUT2D eigenvalue weighted by molar-refractivity contribution is 0.200. The van der Waals surface area contributed by atoms with Gasteiger partial charge in [0.05, 0.1) is 12.1 Å². The number of benzene rings is 3. The van der Waals surface area contributed by atoms with Gasteiger partial charge in [0.15, 0.2) is 5.82 Å². The molecule has 0 aliphatic carbocycles. The largest absolute Gasteiger partial charge is 0.369 e. The number of pyridine rings is 1. The first-order valence-corrected chi connectivity index (χ1v) is 13.2. The number of H-pyrrole nitrogens is 1. The molecule has 198 valence electrons. The van der Waals surface area contributed by atoms with Gasteiger partial charge < -0.3 is 9.88 Å². The number of aryl methyl sites for hydroxylation is 2. The predicted molar refractivity (Wildman–Crippen MR) is 149 cm³/mol. The Labute approximate surface area is 225 Å². The molecule has 1 N–H and O–H groups in total. The number of rotatable bonds is 6. The SMILES string of the molecule is Cc1ccc2cc([C@@H](c3nnnn3Cc3ccccc3)N3CCN(c4ccc(F)cc4)CC3)c(=O)[nH]c2c1C. The van der Waals surface area contributed by atoms with E-state index in [1.165, 1.54) is 12.1 Å². The molecular weight excluding hydrogens is 493 g/mol. The van der Waals surface area contributed by atoms with Crippen molar-refractivity contribution in [1.82, 2.24) is 30.1 Å². The van der Waals surface area contributed by atoms with Crippen molar-refractivity contribution in [2.45, 2.75) is 26.4 Å². The lowest BCUT2D eigenvalue weighted by Gasteiger charge is -2.39. The number of tetrazole rings is 1. The van der Waals surface area contributed by atoms with Crippen molar-refractivity contribution in [3.05, 3.63) is 117 Å². The highest BCUT2D eigenvalue weighted by molar-refractivity contribution is 5.83. The number of hydrogen-bond acceptors (Lipinski definition) is 6. The summed E-state index contributed by atoms with van der Waals surface area (Å²) in [6.07, 6.45) is 0. The molecule has 3 aromatic carbocycles. The van der Waals surface area contributed by atoms with Crippen LogP contribution in [0.3, 0.4) is 0 Å². The Balaban J connectivity index is 1.39. The summed E-state index contributed by atoms with van der Waals surface area (Å²) in [5.41, 5.74) is 5.58. The summed E-state index contributed by atoms with van der Waals surface area (Å²) in [4.78, 5) is 21.3. The highest BCUT2D eigenvalue weighted by atomic mass is 19.1. The molecule has 1 fully saturated rings. The van der Waals surface area contributed by atoms with Crippen LogP contribution in [-0.4, -0.2) is 56.3 Å². The number of nitrogens with zero attached hydrogens (tertiary/aromatic N) is 6. The maximum atomic E-state index is 13.7. The van der Waals surface area contributed by atoms with E-state index in [0.717, 1.165) is 46.4 Å². The van der Waals surface area contributed by atoms with Gasteiger partial charge in [-0.1, -0.05) is 42.5 Å². The fourth-order valence-corrected chi connectivity index (χ4v) is 5.41. The van der Waals surface area contributed by atoms with E-state index < -0.39 is 6.04 Å². The fraction of sp³-hybridized carbons (Fsp3) is 0.267. The number of aromatic nitrogens is 5. The van der Waals surface area contributed by atoms with Gasteiger partial charge in [0, 0.05) is 37.4 Å². The molecule has 3 heterocycles. The zero-order chi connectivity index (χ0) is 26.9. The molecule has 0 amide bonds. The number of hydrogen-bond donors (Lipinski definition) is 1. The minimum absolute atomic E-state index is 0.142. The molecule has 1 atom stereocenters. The second-order valence-electron chi connectivity index (χ2n) is 10.1.